The van der Waals surface area contributed by atoms with Crippen LogP contribution >= 0.6 is 0 Å². The van der Waals surface area contributed by atoms with E-state index in [1.54, 1.807) is 0 Å². The van der Waals surface area contributed by atoms with Gasteiger partial charge in [0.25, 0.3) is 0 Å². The number of nitrogens with one attached hydrogen (secondary N) is 1. The molecule has 1 heterocycles. The first kappa shape index (κ1) is 18.4. The average Bonchev–Trinajstić information content (AvgIpc) is 2.66. The molecule has 0 amide bonds. The minimum atomic E-state index is -0.321. The van der Waals surface area contributed by atoms with Crippen LogP contribution in [-0.2, 0) is 0 Å². The Labute approximate surface area is 149 Å². The van der Waals surface area contributed by atoms with Gasteiger partial charge in [-0.05, 0) is 25.0 Å². The Hall–Kier alpha value is -2.94. The summed E-state index contributed by atoms with van der Waals surface area (Å²) in [4.78, 5) is 18.7. The molecule has 0 bridgehead atoms. The molecule has 0 fully saturated rings. The summed E-state index contributed by atoms with van der Waals surface area (Å²) in [6.07, 6.45) is 3.92. The first-order chi connectivity index (χ1) is 12.2. The highest BCUT2D eigenvalue weighted by Crippen LogP contribution is 2.26. The highest BCUT2D eigenvalue weighted by Gasteiger charge is 2.09. The Kier molecular flexibility index (Phi) is 6.47. The van der Waals surface area contributed by atoms with Crippen LogP contribution in [0.25, 0.3) is 28.5 Å². The Bertz CT molecular complexity index is 892. The van der Waals surface area contributed by atoms with Gasteiger partial charge in [0.2, 0.25) is 0 Å². The van der Waals surface area contributed by atoms with Gasteiger partial charge in [-0.25, -0.2) is 4.79 Å². The van der Waals surface area contributed by atoms with E-state index in [1.165, 1.54) is 5.56 Å². The van der Waals surface area contributed by atoms with Gasteiger partial charge in [-0.1, -0.05) is 80.6 Å². The third-order valence-electron chi connectivity index (χ3n) is 3.77. The normalized spacial score (nSPS) is 10.4. The maximum atomic E-state index is 11.7. The number of aryl methyl sites for hydroxylation is 1. The van der Waals surface area contributed by atoms with Crippen molar-refractivity contribution in [2.24, 2.45) is 0 Å². The van der Waals surface area contributed by atoms with Gasteiger partial charge in [-0.3, -0.25) is 0 Å². The monoisotopic (exact) mass is 332 g/mol. The third kappa shape index (κ3) is 4.32. The number of benzene rings is 2. The molecule has 0 aliphatic carbocycles. The second-order valence-corrected chi connectivity index (χ2v) is 5.37. The van der Waals surface area contributed by atoms with Crippen molar-refractivity contribution < 1.29 is 0 Å². The molecule has 1 aromatic heterocycles. The van der Waals surface area contributed by atoms with Gasteiger partial charge in [0.1, 0.15) is 0 Å². The minimum absolute atomic E-state index is 0.321. The molecule has 3 heteroatoms. The van der Waals surface area contributed by atoms with Crippen LogP contribution < -0.4 is 5.69 Å². The fourth-order valence-corrected chi connectivity index (χ4v) is 2.64. The molecule has 0 saturated heterocycles. The summed E-state index contributed by atoms with van der Waals surface area (Å²) in [5.41, 5.74) is 5.41. The van der Waals surface area contributed by atoms with E-state index in [0.29, 0.717) is 5.69 Å². The predicted molar refractivity (Wildman–Crippen MR) is 107 cm³/mol. The van der Waals surface area contributed by atoms with Crippen LogP contribution in [0.5, 0.6) is 0 Å². The number of rotatable bonds is 3. The number of nitrogens with zero attached hydrogens (tertiary/aromatic N) is 1. The zero-order valence-electron chi connectivity index (χ0n) is 15.2. The van der Waals surface area contributed by atoms with Crippen molar-refractivity contribution >= 4 is 6.08 Å². The van der Waals surface area contributed by atoms with Crippen molar-refractivity contribution in [2.75, 3.05) is 0 Å². The van der Waals surface area contributed by atoms with Crippen molar-refractivity contribution in [1.29, 1.82) is 0 Å². The maximum absolute atomic E-state index is 11.7. The molecule has 0 saturated carbocycles. The van der Waals surface area contributed by atoms with Gasteiger partial charge in [0.15, 0.2) is 0 Å². The zero-order valence-corrected chi connectivity index (χ0v) is 15.2. The lowest BCUT2D eigenvalue weighted by atomic mass is 10.00. The van der Waals surface area contributed by atoms with Crippen LogP contribution in [0.3, 0.4) is 0 Å². The van der Waals surface area contributed by atoms with Crippen molar-refractivity contribution in [3.63, 3.8) is 0 Å². The smallest absolute Gasteiger partial charge is 0.309 e. The van der Waals surface area contributed by atoms with Crippen LogP contribution in [0.4, 0.5) is 0 Å². The van der Waals surface area contributed by atoms with Crippen LogP contribution in [0.2, 0.25) is 0 Å². The molecule has 0 atom stereocenters. The topological polar surface area (TPSA) is 45.8 Å². The molecule has 1 N–H and O–H groups in total. The van der Waals surface area contributed by atoms with E-state index in [2.05, 4.69) is 34.2 Å². The standard InChI is InChI=1S/C20H18N2O.C2H6/c1-3-7-18-14(2)21-20(23)22-19(18)17-12-10-16(11-13-17)15-8-5-4-6-9-15;1-2/h3-13H,1-2H3,(H,21,22,23);1-2H3/b7-3-;. The Morgan fingerprint density at radius 2 is 1.44 bits per heavy atom. The second-order valence-electron chi connectivity index (χ2n) is 5.37. The number of hydrogen-bond donors (Lipinski definition) is 1. The van der Waals surface area contributed by atoms with Crippen LogP contribution in [0.1, 0.15) is 32.0 Å². The number of aromatic nitrogens is 2. The summed E-state index contributed by atoms with van der Waals surface area (Å²) in [5, 5.41) is 0. The molecular formula is C22H24N2O. The molecule has 2 aromatic carbocycles. The van der Waals surface area contributed by atoms with Gasteiger partial charge in [-0.2, -0.15) is 4.98 Å². The fourth-order valence-electron chi connectivity index (χ4n) is 2.64. The van der Waals surface area contributed by atoms with Gasteiger partial charge < -0.3 is 4.98 Å². The molecule has 0 spiro atoms. The molecular weight excluding hydrogens is 308 g/mol. The molecule has 3 rings (SSSR count). The predicted octanol–water partition coefficient (Wildman–Crippen LogP) is 5.47. The van der Waals surface area contributed by atoms with Gasteiger partial charge in [-0.15, -0.1) is 0 Å². The van der Waals surface area contributed by atoms with Crippen LogP contribution in [-0.4, -0.2) is 9.97 Å². The van der Waals surface area contributed by atoms with Crippen LogP contribution in [0, 0.1) is 6.92 Å². The number of H-pyrrole nitrogens is 1. The molecule has 3 aromatic rings. The summed E-state index contributed by atoms with van der Waals surface area (Å²) < 4.78 is 0. The molecule has 0 aliphatic heterocycles. The van der Waals surface area contributed by atoms with E-state index in [4.69, 9.17) is 0 Å². The fraction of sp³-hybridized carbons (Fsp3) is 0.182. The van der Waals surface area contributed by atoms with Crippen molar-refractivity contribution in [2.45, 2.75) is 27.7 Å². The maximum Gasteiger partial charge on any atom is 0.345 e. The Balaban J connectivity index is 0.00000109. The summed E-state index contributed by atoms with van der Waals surface area (Å²) in [7, 11) is 0. The van der Waals surface area contributed by atoms with Gasteiger partial charge in [0, 0.05) is 16.8 Å². The zero-order chi connectivity index (χ0) is 18.2. The summed E-state index contributed by atoms with van der Waals surface area (Å²) >= 11 is 0. The van der Waals surface area contributed by atoms with E-state index in [1.807, 2.05) is 70.2 Å². The van der Waals surface area contributed by atoms with Crippen molar-refractivity contribution in [3.8, 4) is 22.4 Å². The van der Waals surface area contributed by atoms with Gasteiger partial charge in [0.05, 0.1) is 5.69 Å². The summed E-state index contributed by atoms with van der Waals surface area (Å²) in [6.45, 7) is 7.84. The summed E-state index contributed by atoms with van der Waals surface area (Å²) in [6, 6.07) is 18.3. The molecule has 128 valence electrons. The minimum Gasteiger partial charge on any atom is -0.309 e. The third-order valence-corrected chi connectivity index (χ3v) is 3.77. The average molecular weight is 332 g/mol. The van der Waals surface area contributed by atoms with Crippen LogP contribution in [0.15, 0.2) is 65.5 Å². The molecule has 3 nitrogen and oxygen atoms in total. The highest BCUT2D eigenvalue weighted by molar-refractivity contribution is 5.75. The lowest BCUT2D eigenvalue weighted by Gasteiger charge is -2.09. The largest absolute Gasteiger partial charge is 0.345 e. The summed E-state index contributed by atoms with van der Waals surface area (Å²) in [5.74, 6) is 0. The van der Waals surface area contributed by atoms with E-state index >= 15 is 0 Å². The Morgan fingerprint density at radius 3 is 2.04 bits per heavy atom. The van der Waals surface area contributed by atoms with Crippen molar-refractivity contribution in [1.82, 2.24) is 9.97 Å². The van der Waals surface area contributed by atoms with E-state index < -0.39 is 0 Å². The van der Waals surface area contributed by atoms with E-state index in [0.717, 1.165) is 22.4 Å². The lowest BCUT2D eigenvalue weighted by molar-refractivity contribution is 1.02. The first-order valence-electron chi connectivity index (χ1n) is 8.58. The first-order valence-corrected chi connectivity index (χ1v) is 8.58. The van der Waals surface area contributed by atoms with Gasteiger partial charge >= 0.3 is 5.69 Å². The molecule has 0 aliphatic rings. The molecule has 0 radical (unpaired) electrons. The van der Waals surface area contributed by atoms with E-state index in [9.17, 15) is 4.79 Å². The number of hydrogen-bond acceptors (Lipinski definition) is 2. The number of aromatic amines is 1. The second kappa shape index (κ2) is 8.78. The quantitative estimate of drug-likeness (QED) is 0.691. The van der Waals surface area contributed by atoms with E-state index in [-0.39, 0.29) is 5.69 Å². The highest BCUT2D eigenvalue weighted by atomic mass is 16.1. The molecule has 25 heavy (non-hydrogen) atoms. The molecule has 0 unspecified atom stereocenters. The SMILES string of the molecule is C/C=C\c1c(-c2ccc(-c3ccccc3)cc2)nc(=O)[nH]c1C.CC. The Morgan fingerprint density at radius 1 is 0.880 bits per heavy atom. The lowest BCUT2D eigenvalue weighted by Crippen LogP contribution is -2.14. The van der Waals surface area contributed by atoms with Crippen molar-refractivity contribution in [3.05, 3.63) is 82.4 Å². The number of allylic oxidation sites excluding steroid dienone is 1.